The topological polar surface area (TPSA) is 113 Å². The van der Waals surface area contributed by atoms with Crippen molar-refractivity contribution in [3.05, 3.63) is 0 Å². The van der Waals surface area contributed by atoms with Crippen LogP contribution in [0.15, 0.2) is 0 Å². The molecule has 0 aromatic rings. The normalized spacial score (nSPS) is 20.6. The van der Waals surface area contributed by atoms with E-state index in [1.54, 1.807) is 0 Å². The van der Waals surface area contributed by atoms with Crippen molar-refractivity contribution in [2.75, 3.05) is 19.8 Å². The van der Waals surface area contributed by atoms with Crippen LogP contribution < -0.4 is 4.72 Å². The Morgan fingerprint density at radius 2 is 2.00 bits per heavy atom. The average molecular weight is 253 g/mol. The molecule has 3 N–H and O–H groups in total. The van der Waals surface area contributed by atoms with Gasteiger partial charge in [0.1, 0.15) is 0 Å². The first kappa shape index (κ1) is 13.4. The average Bonchev–Trinajstić information content (AvgIpc) is 2.27. The summed E-state index contributed by atoms with van der Waals surface area (Å²) < 4.78 is 30.4. The van der Waals surface area contributed by atoms with Gasteiger partial charge < -0.3 is 14.9 Å². The summed E-state index contributed by atoms with van der Waals surface area (Å²) in [5, 5.41) is 16.8. The van der Waals surface area contributed by atoms with E-state index in [1.807, 2.05) is 0 Å². The Morgan fingerprint density at radius 3 is 2.50 bits per heavy atom. The summed E-state index contributed by atoms with van der Waals surface area (Å²) in [6.07, 6.45) is -0.939. The molecule has 0 spiro atoms. The maximum atomic E-state index is 11.6. The van der Waals surface area contributed by atoms with E-state index >= 15 is 0 Å². The van der Waals surface area contributed by atoms with Gasteiger partial charge >= 0.3 is 5.97 Å². The van der Waals surface area contributed by atoms with E-state index in [1.165, 1.54) is 0 Å². The number of ether oxygens (including phenoxy) is 1. The minimum absolute atomic E-state index is 0.382. The molecule has 7 nitrogen and oxygen atoms in total. The molecular weight excluding hydrogens is 238 g/mol. The summed E-state index contributed by atoms with van der Waals surface area (Å²) in [5.74, 6) is -1.45. The highest BCUT2D eigenvalue weighted by Crippen LogP contribution is 2.14. The van der Waals surface area contributed by atoms with Crippen LogP contribution in [0.5, 0.6) is 0 Å². The summed E-state index contributed by atoms with van der Waals surface area (Å²) in [5.41, 5.74) is 0. The first-order chi connectivity index (χ1) is 7.43. The maximum Gasteiger partial charge on any atom is 0.333 e. The van der Waals surface area contributed by atoms with Crippen LogP contribution in [0, 0.1) is 0 Å². The van der Waals surface area contributed by atoms with Crippen molar-refractivity contribution in [1.29, 1.82) is 0 Å². The fourth-order valence-electron chi connectivity index (χ4n) is 1.39. The number of aliphatic hydroxyl groups excluding tert-OH is 1. The number of hydrogen-bond acceptors (Lipinski definition) is 5. The predicted octanol–water partition coefficient (Wildman–Crippen LogP) is -1.47. The van der Waals surface area contributed by atoms with Gasteiger partial charge in [0, 0.05) is 19.8 Å². The van der Waals surface area contributed by atoms with Crippen LogP contribution in [0.25, 0.3) is 0 Å². The summed E-state index contributed by atoms with van der Waals surface area (Å²) in [6, 6.07) is 0. The zero-order chi connectivity index (χ0) is 12.2. The number of carboxylic acids is 1. The molecule has 1 atom stereocenters. The standard InChI is InChI=1S/C8H15NO6S/c10-7(8(11)12)5-9-16(13,14)6-1-3-15-4-2-6/h6-7,9-10H,1-5H2,(H,11,12)/t7-/m0/s1. The smallest absolute Gasteiger partial charge is 0.333 e. The molecule has 94 valence electrons. The third-order valence-corrected chi connectivity index (χ3v) is 4.29. The van der Waals surface area contributed by atoms with Crippen molar-refractivity contribution in [2.24, 2.45) is 0 Å². The van der Waals surface area contributed by atoms with E-state index in [2.05, 4.69) is 4.72 Å². The molecule has 1 rings (SSSR count). The third-order valence-electron chi connectivity index (χ3n) is 2.37. The summed E-state index contributed by atoms with van der Waals surface area (Å²) in [7, 11) is -3.57. The molecule has 0 amide bonds. The zero-order valence-electron chi connectivity index (χ0n) is 8.63. The van der Waals surface area contributed by atoms with Gasteiger partial charge in [-0.3, -0.25) is 0 Å². The highest BCUT2D eigenvalue weighted by atomic mass is 32.2. The van der Waals surface area contributed by atoms with Crippen LogP contribution in [0.4, 0.5) is 0 Å². The second kappa shape index (κ2) is 5.58. The summed E-state index contributed by atoms with van der Waals surface area (Å²) in [4.78, 5) is 10.3. The highest BCUT2D eigenvalue weighted by molar-refractivity contribution is 7.90. The SMILES string of the molecule is O=C(O)[C@@H](O)CNS(=O)(=O)C1CCOCC1. The van der Waals surface area contributed by atoms with E-state index in [-0.39, 0.29) is 0 Å². The number of carbonyl (C=O) groups is 1. The van der Waals surface area contributed by atoms with Crippen LogP contribution in [0.3, 0.4) is 0 Å². The lowest BCUT2D eigenvalue weighted by molar-refractivity contribution is -0.146. The quantitative estimate of drug-likeness (QED) is 0.551. The van der Waals surface area contributed by atoms with Gasteiger partial charge in [-0.25, -0.2) is 17.9 Å². The van der Waals surface area contributed by atoms with Crippen LogP contribution in [-0.4, -0.2) is 55.7 Å². The molecule has 0 aromatic heterocycles. The monoisotopic (exact) mass is 253 g/mol. The lowest BCUT2D eigenvalue weighted by atomic mass is 10.2. The molecule has 16 heavy (non-hydrogen) atoms. The Balaban J connectivity index is 2.47. The van der Waals surface area contributed by atoms with E-state index in [0.29, 0.717) is 26.1 Å². The Labute approximate surface area is 93.5 Å². The number of hydrogen-bond donors (Lipinski definition) is 3. The molecule has 1 heterocycles. The van der Waals surface area contributed by atoms with Gasteiger partial charge in [0.05, 0.1) is 5.25 Å². The Morgan fingerprint density at radius 1 is 1.44 bits per heavy atom. The summed E-state index contributed by atoms with van der Waals surface area (Å²) in [6.45, 7) is 0.259. The largest absolute Gasteiger partial charge is 0.479 e. The van der Waals surface area contributed by atoms with Gasteiger partial charge in [-0.05, 0) is 12.8 Å². The number of rotatable bonds is 5. The zero-order valence-corrected chi connectivity index (χ0v) is 9.44. The molecule has 1 fully saturated rings. The molecule has 0 aliphatic carbocycles. The van der Waals surface area contributed by atoms with E-state index in [4.69, 9.17) is 14.9 Å². The summed E-state index contributed by atoms with van der Waals surface area (Å²) >= 11 is 0. The first-order valence-corrected chi connectivity index (χ1v) is 6.45. The first-order valence-electron chi connectivity index (χ1n) is 4.90. The number of sulfonamides is 1. The Hall–Kier alpha value is -0.700. The fourth-order valence-corrected chi connectivity index (χ4v) is 2.83. The van der Waals surface area contributed by atoms with Gasteiger partial charge in [0.15, 0.2) is 6.10 Å². The van der Waals surface area contributed by atoms with Gasteiger partial charge in [0.2, 0.25) is 10.0 Å². The second-order valence-corrected chi connectivity index (χ2v) is 5.60. The van der Waals surface area contributed by atoms with Crippen molar-refractivity contribution < 1.29 is 28.2 Å². The van der Waals surface area contributed by atoms with Crippen molar-refractivity contribution in [1.82, 2.24) is 4.72 Å². The maximum absolute atomic E-state index is 11.6. The Bertz CT molecular complexity index is 334. The Kier molecular flexibility index (Phi) is 4.66. The van der Waals surface area contributed by atoms with Crippen LogP contribution in [0.1, 0.15) is 12.8 Å². The van der Waals surface area contributed by atoms with Gasteiger partial charge in [-0.15, -0.1) is 0 Å². The van der Waals surface area contributed by atoms with Crippen molar-refractivity contribution >= 4 is 16.0 Å². The van der Waals surface area contributed by atoms with E-state index in [9.17, 15) is 13.2 Å². The van der Waals surface area contributed by atoms with Crippen molar-refractivity contribution in [3.63, 3.8) is 0 Å². The van der Waals surface area contributed by atoms with Gasteiger partial charge in [-0.1, -0.05) is 0 Å². The number of aliphatic carboxylic acids is 1. The van der Waals surface area contributed by atoms with Crippen LogP contribution in [-0.2, 0) is 19.6 Å². The van der Waals surface area contributed by atoms with Crippen molar-refractivity contribution in [2.45, 2.75) is 24.2 Å². The molecule has 0 saturated carbocycles. The number of aliphatic hydroxyl groups is 1. The second-order valence-electron chi connectivity index (χ2n) is 3.56. The minimum Gasteiger partial charge on any atom is -0.479 e. The van der Waals surface area contributed by atoms with E-state index in [0.717, 1.165) is 0 Å². The fraction of sp³-hybridized carbons (Fsp3) is 0.875. The molecular formula is C8H15NO6S. The lowest BCUT2D eigenvalue weighted by Gasteiger charge is -2.22. The van der Waals surface area contributed by atoms with Crippen LogP contribution in [0.2, 0.25) is 0 Å². The molecule has 0 unspecified atom stereocenters. The highest BCUT2D eigenvalue weighted by Gasteiger charge is 2.28. The molecule has 1 saturated heterocycles. The molecule has 8 heteroatoms. The lowest BCUT2D eigenvalue weighted by Crippen LogP contribution is -2.42. The van der Waals surface area contributed by atoms with Gasteiger partial charge in [0.25, 0.3) is 0 Å². The van der Waals surface area contributed by atoms with Gasteiger partial charge in [-0.2, -0.15) is 0 Å². The van der Waals surface area contributed by atoms with Crippen LogP contribution >= 0.6 is 0 Å². The third kappa shape index (κ3) is 3.71. The molecule has 1 aliphatic rings. The predicted molar refractivity (Wildman–Crippen MR) is 54.4 cm³/mol. The molecule has 0 aromatic carbocycles. The molecule has 1 aliphatic heterocycles. The molecule has 0 radical (unpaired) electrons. The van der Waals surface area contributed by atoms with Crippen molar-refractivity contribution in [3.8, 4) is 0 Å². The van der Waals surface area contributed by atoms with E-state index < -0.39 is 33.9 Å². The minimum atomic E-state index is -3.57. The number of nitrogens with one attached hydrogen (secondary N) is 1. The number of carboxylic acid groups (broad SMARTS) is 1. The molecule has 0 bridgehead atoms.